The van der Waals surface area contributed by atoms with Gasteiger partial charge in [-0.05, 0) is 12.8 Å². The molecule has 0 bridgehead atoms. The van der Waals surface area contributed by atoms with Crippen LogP contribution < -0.4 is 5.32 Å². The number of alkyl carbamates (subject to hydrolysis) is 1. The Bertz CT molecular complexity index is 320. The van der Waals surface area contributed by atoms with Gasteiger partial charge in [0.1, 0.15) is 6.61 Å². The summed E-state index contributed by atoms with van der Waals surface area (Å²) >= 11 is 5.44. The predicted octanol–water partition coefficient (Wildman–Crippen LogP) is 1.99. The highest BCUT2D eigenvalue weighted by Gasteiger charge is 2.30. The van der Waals surface area contributed by atoms with Crippen molar-refractivity contribution >= 4 is 23.6 Å². The number of nitrogens with zero attached hydrogens (tertiary/aromatic N) is 1. The number of halogens is 1. The molecule has 0 aromatic rings. The number of hydrogen-bond acceptors (Lipinski definition) is 3. The molecule has 1 N–H and O–H groups in total. The van der Waals surface area contributed by atoms with Crippen LogP contribution in [-0.2, 0) is 9.53 Å². The summed E-state index contributed by atoms with van der Waals surface area (Å²) in [5.74, 6) is 0.460. The molecule has 2 amide bonds. The van der Waals surface area contributed by atoms with Gasteiger partial charge in [-0.3, -0.25) is 4.79 Å². The van der Waals surface area contributed by atoms with Crippen molar-refractivity contribution in [3.63, 3.8) is 0 Å². The topological polar surface area (TPSA) is 58.6 Å². The van der Waals surface area contributed by atoms with Crippen molar-refractivity contribution in [3.05, 3.63) is 0 Å². The normalized spacial score (nSPS) is 17.2. The van der Waals surface area contributed by atoms with Gasteiger partial charge in [0, 0.05) is 24.5 Å². The number of carbonyl (C=O) groups is 2. The molecule has 0 unspecified atom stereocenters. The molecule has 0 spiro atoms. The van der Waals surface area contributed by atoms with Gasteiger partial charge < -0.3 is 15.0 Å². The van der Waals surface area contributed by atoms with E-state index in [-0.39, 0.29) is 24.0 Å². The molecule has 0 aromatic heterocycles. The highest BCUT2D eigenvalue weighted by Crippen LogP contribution is 2.20. The number of carbonyl (C=O) groups excluding carboxylic acids is 2. The summed E-state index contributed by atoms with van der Waals surface area (Å²) in [7, 11) is 0. The second-order valence-corrected chi connectivity index (χ2v) is 6.16. The van der Waals surface area contributed by atoms with Crippen molar-refractivity contribution in [1.29, 1.82) is 0 Å². The van der Waals surface area contributed by atoms with Gasteiger partial charge in [0.2, 0.25) is 5.91 Å². The summed E-state index contributed by atoms with van der Waals surface area (Å²) in [6, 6.07) is 0.0758. The quantitative estimate of drug-likeness (QED) is 0.809. The van der Waals surface area contributed by atoms with Crippen molar-refractivity contribution in [1.82, 2.24) is 10.2 Å². The maximum absolute atomic E-state index is 12.1. The van der Waals surface area contributed by atoms with Crippen LogP contribution >= 0.6 is 11.6 Å². The standard InChI is InChI=1S/C13H23ClN2O3/c1-13(2,3)11(17)16-7-4-10(5-8-16)15-12(18)19-9-6-14/h10H,4-9H2,1-3H3,(H,15,18). The maximum Gasteiger partial charge on any atom is 0.407 e. The number of rotatable bonds is 3. The molecule has 0 aliphatic carbocycles. The van der Waals surface area contributed by atoms with Gasteiger partial charge in [0.15, 0.2) is 0 Å². The summed E-state index contributed by atoms with van der Waals surface area (Å²) in [6.07, 6.45) is 1.09. The SMILES string of the molecule is CC(C)(C)C(=O)N1CCC(NC(=O)OCCCl)CC1. The Labute approximate surface area is 119 Å². The number of hydrogen-bond donors (Lipinski definition) is 1. The van der Waals surface area contributed by atoms with Crippen LogP contribution in [0, 0.1) is 5.41 Å². The third kappa shape index (κ3) is 5.27. The van der Waals surface area contributed by atoms with Crippen LogP contribution in [0.5, 0.6) is 0 Å². The van der Waals surface area contributed by atoms with Crippen LogP contribution in [0.3, 0.4) is 0 Å². The number of amides is 2. The minimum absolute atomic E-state index is 0.0758. The molecular weight excluding hydrogens is 268 g/mol. The van der Waals surface area contributed by atoms with E-state index in [1.807, 2.05) is 25.7 Å². The molecule has 0 aromatic carbocycles. The van der Waals surface area contributed by atoms with E-state index in [9.17, 15) is 9.59 Å². The van der Waals surface area contributed by atoms with Crippen molar-refractivity contribution < 1.29 is 14.3 Å². The zero-order chi connectivity index (χ0) is 14.5. The molecule has 1 aliphatic rings. The molecule has 1 aliphatic heterocycles. The Balaban J connectivity index is 2.33. The number of nitrogens with one attached hydrogen (secondary N) is 1. The summed E-state index contributed by atoms with van der Waals surface area (Å²) in [4.78, 5) is 25.3. The Hall–Kier alpha value is -0.970. The molecule has 1 saturated heterocycles. The van der Waals surface area contributed by atoms with E-state index in [0.717, 1.165) is 12.8 Å². The first-order valence-electron chi connectivity index (χ1n) is 6.63. The number of likely N-dealkylation sites (tertiary alicyclic amines) is 1. The van der Waals surface area contributed by atoms with Crippen molar-refractivity contribution in [2.45, 2.75) is 39.7 Å². The molecule has 0 atom stereocenters. The second-order valence-electron chi connectivity index (χ2n) is 5.79. The first-order valence-corrected chi connectivity index (χ1v) is 7.16. The number of piperidine rings is 1. The zero-order valence-electron chi connectivity index (χ0n) is 11.9. The van der Waals surface area contributed by atoms with Crippen LogP contribution in [0.25, 0.3) is 0 Å². The lowest BCUT2D eigenvalue weighted by molar-refractivity contribution is -0.140. The van der Waals surface area contributed by atoms with Gasteiger partial charge in [-0.15, -0.1) is 11.6 Å². The molecule has 1 fully saturated rings. The molecule has 0 radical (unpaired) electrons. The van der Waals surface area contributed by atoms with Gasteiger partial charge >= 0.3 is 6.09 Å². The van der Waals surface area contributed by atoms with Crippen LogP contribution in [-0.4, -0.2) is 48.5 Å². The molecule has 0 saturated carbocycles. The van der Waals surface area contributed by atoms with E-state index in [0.29, 0.717) is 19.0 Å². The fourth-order valence-electron chi connectivity index (χ4n) is 2.04. The van der Waals surface area contributed by atoms with Crippen LogP contribution in [0.4, 0.5) is 4.79 Å². The van der Waals surface area contributed by atoms with Gasteiger partial charge in [0.25, 0.3) is 0 Å². The smallest absolute Gasteiger partial charge is 0.407 e. The molecular formula is C13H23ClN2O3. The molecule has 1 rings (SSSR count). The summed E-state index contributed by atoms with van der Waals surface area (Å²) in [5, 5.41) is 2.79. The Morgan fingerprint density at radius 3 is 2.37 bits per heavy atom. The number of ether oxygens (including phenoxy) is 1. The highest BCUT2D eigenvalue weighted by atomic mass is 35.5. The monoisotopic (exact) mass is 290 g/mol. The van der Waals surface area contributed by atoms with Crippen LogP contribution in [0.2, 0.25) is 0 Å². The summed E-state index contributed by atoms with van der Waals surface area (Å²) < 4.78 is 4.86. The Morgan fingerprint density at radius 1 is 1.32 bits per heavy atom. The van der Waals surface area contributed by atoms with Crippen molar-refractivity contribution in [3.8, 4) is 0 Å². The third-order valence-corrected chi connectivity index (χ3v) is 3.21. The molecule has 19 heavy (non-hydrogen) atoms. The van der Waals surface area contributed by atoms with Gasteiger partial charge in [-0.1, -0.05) is 20.8 Å². The van der Waals surface area contributed by atoms with Crippen LogP contribution in [0.1, 0.15) is 33.6 Å². The minimum atomic E-state index is -0.429. The van der Waals surface area contributed by atoms with Crippen molar-refractivity contribution in [2.24, 2.45) is 5.41 Å². The lowest BCUT2D eigenvalue weighted by Gasteiger charge is -2.35. The van der Waals surface area contributed by atoms with E-state index in [1.54, 1.807) is 0 Å². The van der Waals surface area contributed by atoms with E-state index in [4.69, 9.17) is 16.3 Å². The fraction of sp³-hybridized carbons (Fsp3) is 0.846. The Kier molecular flexibility index (Phi) is 5.91. The second kappa shape index (κ2) is 6.98. The Morgan fingerprint density at radius 2 is 1.89 bits per heavy atom. The molecule has 110 valence electrons. The lowest BCUT2D eigenvalue weighted by Crippen LogP contribution is -2.49. The third-order valence-electron chi connectivity index (χ3n) is 3.06. The maximum atomic E-state index is 12.1. The van der Waals surface area contributed by atoms with E-state index >= 15 is 0 Å². The first kappa shape index (κ1) is 16.1. The minimum Gasteiger partial charge on any atom is -0.448 e. The average molecular weight is 291 g/mol. The van der Waals surface area contributed by atoms with E-state index in [2.05, 4.69) is 5.32 Å². The van der Waals surface area contributed by atoms with Gasteiger partial charge in [-0.25, -0.2) is 4.79 Å². The largest absolute Gasteiger partial charge is 0.448 e. The molecule has 6 heteroatoms. The summed E-state index contributed by atoms with van der Waals surface area (Å²) in [6.45, 7) is 7.33. The van der Waals surface area contributed by atoms with Crippen molar-refractivity contribution in [2.75, 3.05) is 25.6 Å². The highest BCUT2D eigenvalue weighted by molar-refractivity contribution is 6.18. The molecule has 5 nitrogen and oxygen atoms in total. The van der Waals surface area contributed by atoms with Gasteiger partial charge in [0.05, 0.1) is 5.88 Å². The first-order chi connectivity index (χ1) is 8.84. The zero-order valence-corrected chi connectivity index (χ0v) is 12.6. The fourth-order valence-corrected chi connectivity index (χ4v) is 2.12. The van der Waals surface area contributed by atoms with Gasteiger partial charge in [-0.2, -0.15) is 0 Å². The van der Waals surface area contributed by atoms with Crippen LogP contribution in [0.15, 0.2) is 0 Å². The summed E-state index contributed by atoms with van der Waals surface area (Å²) in [5.41, 5.74) is -0.348. The predicted molar refractivity (Wildman–Crippen MR) is 74.3 cm³/mol. The number of alkyl halides is 1. The molecule has 1 heterocycles. The van der Waals surface area contributed by atoms with E-state index < -0.39 is 6.09 Å². The average Bonchev–Trinajstić information content (AvgIpc) is 2.35. The lowest BCUT2D eigenvalue weighted by atomic mass is 9.93. The van der Waals surface area contributed by atoms with E-state index in [1.165, 1.54) is 0 Å².